The van der Waals surface area contributed by atoms with Crippen LogP contribution in [-0.2, 0) is 21.4 Å². The lowest BCUT2D eigenvalue weighted by atomic mass is 9.97. The van der Waals surface area contributed by atoms with Crippen LogP contribution >= 0.6 is 0 Å². The molecule has 4 rings (SSSR count). The fourth-order valence-electron chi connectivity index (χ4n) is 4.52. The third kappa shape index (κ3) is 9.82. The van der Waals surface area contributed by atoms with Crippen LogP contribution in [0.15, 0.2) is 63.9 Å². The van der Waals surface area contributed by atoms with Crippen LogP contribution in [0.2, 0.25) is 0 Å². The summed E-state index contributed by atoms with van der Waals surface area (Å²) in [5.41, 5.74) is -2.41. The van der Waals surface area contributed by atoms with Crippen molar-refractivity contribution < 1.29 is 58.7 Å². The minimum Gasteiger partial charge on any atom is -0.479 e. The van der Waals surface area contributed by atoms with Crippen molar-refractivity contribution in [2.75, 3.05) is 0 Å². The summed E-state index contributed by atoms with van der Waals surface area (Å²) in [6.45, 7) is 4.33. The SMILES string of the molecule is CC(NC(=O)OC(C)(C)C)c1oc(-c2ccc(OC(F)F)c(OC3(C)C=CC(S(=O)(=O)O)=CC3)c2)nc1C(=O)NCc1ccc(F)cc1F. The molecule has 264 valence electrons. The predicted octanol–water partition coefficient (Wildman–Crippen LogP) is 6.61. The molecular weight excluding hydrogens is 678 g/mol. The van der Waals surface area contributed by atoms with Crippen molar-refractivity contribution in [2.24, 2.45) is 0 Å². The van der Waals surface area contributed by atoms with Crippen LogP contribution in [0, 0.1) is 11.6 Å². The van der Waals surface area contributed by atoms with Gasteiger partial charge < -0.3 is 29.3 Å². The van der Waals surface area contributed by atoms with E-state index in [0.29, 0.717) is 6.07 Å². The Balaban J connectivity index is 1.70. The number of oxazole rings is 1. The topological polar surface area (TPSA) is 166 Å². The van der Waals surface area contributed by atoms with Gasteiger partial charge in [-0.3, -0.25) is 9.35 Å². The van der Waals surface area contributed by atoms with Gasteiger partial charge in [-0.1, -0.05) is 12.1 Å². The Bertz CT molecular complexity index is 1910. The first-order chi connectivity index (χ1) is 22.7. The summed E-state index contributed by atoms with van der Waals surface area (Å²) in [4.78, 5) is 29.8. The van der Waals surface area contributed by atoms with Gasteiger partial charge in [0, 0.05) is 30.2 Å². The van der Waals surface area contributed by atoms with Crippen molar-refractivity contribution in [3.63, 3.8) is 0 Å². The van der Waals surface area contributed by atoms with Gasteiger partial charge in [-0.2, -0.15) is 17.2 Å². The molecule has 0 radical (unpaired) electrons. The number of ether oxygens (including phenoxy) is 3. The molecule has 2 atom stereocenters. The Labute approximate surface area is 278 Å². The van der Waals surface area contributed by atoms with Gasteiger partial charge in [0.15, 0.2) is 23.0 Å². The quantitative estimate of drug-likeness (QED) is 0.146. The van der Waals surface area contributed by atoms with E-state index in [9.17, 15) is 40.1 Å². The number of aromatic nitrogens is 1. The molecule has 0 bridgehead atoms. The number of carbonyl (C=O) groups is 2. The molecule has 1 heterocycles. The Morgan fingerprint density at radius 3 is 2.43 bits per heavy atom. The lowest BCUT2D eigenvalue weighted by Gasteiger charge is -2.29. The molecule has 0 saturated heterocycles. The molecule has 0 fully saturated rings. The first kappa shape index (κ1) is 36.9. The van der Waals surface area contributed by atoms with E-state index in [2.05, 4.69) is 20.4 Å². The van der Waals surface area contributed by atoms with Gasteiger partial charge in [-0.05, 0) is 71.0 Å². The van der Waals surface area contributed by atoms with Crippen LogP contribution in [0.5, 0.6) is 11.5 Å². The maximum atomic E-state index is 14.2. The number of hydrogen-bond donors (Lipinski definition) is 3. The number of benzene rings is 2. The molecule has 1 aliphatic carbocycles. The van der Waals surface area contributed by atoms with Crippen molar-refractivity contribution in [2.45, 2.75) is 71.4 Å². The van der Waals surface area contributed by atoms with Crippen LogP contribution in [0.3, 0.4) is 0 Å². The number of allylic oxidation sites excluding steroid dienone is 1. The second-order valence-electron chi connectivity index (χ2n) is 12.1. The van der Waals surface area contributed by atoms with Crippen LogP contribution < -0.4 is 20.1 Å². The maximum absolute atomic E-state index is 14.2. The molecule has 1 aromatic heterocycles. The van der Waals surface area contributed by atoms with Gasteiger partial charge >= 0.3 is 12.7 Å². The largest absolute Gasteiger partial charge is 0.479 e. The molecule has 49 heavy (non-hydrogen) atoms. The van der Waals surface area contributed by atoms with Gasteiger partial charge in [0.1, 0.15) is 22.8 Å². The zero-order chi connectivity index (χ0) is 36.3. The molecule has 3 N–H and O–H groups in total. The van der Waals surface area contributed by atoms with Crippen molar-refractivity contribution in [3.05, 3.63) is 88.2 Å². The maximum Gasteiger partial charge on any atom is 0.408 e. The van der Waals surface area contributed by atoms with Gasteiger partial charge in [0.2, 0.25) is 5.89 Å². The van der Waals surface area contributed by atoms with Crippen molar-refractivity contribution in [3.8, 4) is 23.0 Å². The molecule has 12 nitrogen and oxygen atoms in total. The van der Waals surface area contributed by atoms with E-state index in [-0.39, 0.29) is 52.1 Å². The molecule has 17 heteroatoms. The summed E-state index contributed by atoms with van der Waals surface area (Å²) in [6, 6.07) is 5.46. The fraction of sp³-hybridized carbons (Fsp3) is 0.344. The number of halogens is 4. The van der Waals surface area contributed by atoms with Gasteiger partial charge in [0.05, 0.1) is 10.9 Å². The molecular formula is C32H33F4N3O9S. The van der Waals surface area contributed by atoms with Crippen molar-refractivity contribution >= 4 is 22.1 Å². The number of carbonyl (C=O) groups excluding carboxylic acids is 2. The number of nitrogens with one attached hydrogen (secondary N) is 2. The standard InChI is InChI=1S/C32H33F4N3O9S/c1-17(38-30(41)48-31(2,3)4)26-25(27(40)37-16-19-6-8-20(33)15-22(19)34)39-28(46-26)18-7-9-23(45-29(35)36)24(14-18)47-32(5)12-10-21(11-13-32)49(42,43)44/h6-12,14-15,17,29H,13,16H2,1-5H3,(H,37,40)(H,38,41)(H,42,43,44). The van der Waals surface area contributed by atoms with E-state index in [0.717, 1.165) is 24.3 Å². The van der Waals surface area contributed by atoms with Crippen LogP contribution in [0.4, 0.5) is 22.4 Å². The van der Waals surface area contributed by atoms with Gasteiger partial charge in [-0.25, -0.2) is 18.6 Å². The summed E-state index contributed by atoms with van der Waals surface area (Å²) in [7, 11) is -4.50. The van der Waals surface area contributed by atoms with Crippen LogP contribution in [0.25, 0.3) is 11.5 Å². The summed E-state index contributed by atoms with van der Waals surface area (Å²) in [6.07, 6.45) is 2.66. The van der Waals surface area contributed by atoms with E-state index >= 15 is 0 Å². The van der Waals surface area contributed by atoms with Gasteiger partial charge in [0.25, 0.3) is 16.0 Å². The fourth-order valence-corrected chi connectivity index (χ4v) is 5.05. The summed E-state index contributed by atoms with van der Waals surface area (Å²) >= 11 is 0. The highest BCUT2D eigenvalue weighted by atomic mass is 32.2. The lowest BCUT2D eigenvalue weighted by molar-refractivity contribution is -0.0527. The molecule has 2 aromatic carbocycles. The Hall–Kier alpha value is -4.90. The Morgan fingerprint density at radius 2 is 1.84 bits per heavy atom. The summed E-state index contributed by atoms with van der Waals surface area (Å²) in [5.74, 6) is -3.59. The zero-order valence-electron chi connectivity index (χ0n) is 26.8. The van der Waals surface area contributed by atoms with Gasteiger partial charge in [-0.15, -0.1) is 0 Å². The monoisotopic (exact) mass is 711 g/mol. The molecule has 3 aromatic rings. The molecule has 0 spiro atoms. The van der Waals surface area contributed by atoms with Crippen LogP contribution in [-0.4, -0.2) is 47.8 Å². The minimum atomic E-state index is -4.50. The summed E-state index contributed by atoms with van der Waals surface area (Å²) in [5, 5.41) is 5.01. The van der Waals surface area contributed by atoms with E-state index in [1.165, 1.54) is 38.1 Å². The van der Waals surface area contributed by atoms with E-state index in [4.69, 9.17) is 13.9 Å². The second kappa shape index (κ2) is 14.3. The highest BCUT2D eigenvalue weighted by Gasteiger charge is 2.31. The number of alkyl carbamates (subject to hydrolysis) is 1. The van der Waals surface area contributed by atoms with Crippen molar-refractivity contribution in [1.82, 2.24) is 15.6 Å². The molecule has 2 amide bonds. The zero-order valence-corrected chi connectivity index (χ0v) is 27.7. The van der Waals surface area contributed by atoms with E-state index in [1.54, 1.807) is 20.8 Å². The minimum absolute atomic E-state index is 0.0276. The number of amides is 2. The highest BCUT2D eigenvalue weighted by Crippen LogP contribution is 2.39. The normalized spacial score (nSPS) is 16.9. The highest BCUT2D eigenvalue weighted by molar-refractivity contribution is 7.90. The first-order valence-electron chi connectivity index (χ1n) is 14.6. The molecule has 0 aliphatic heterocycles. The average molecular weight is 712 g/mol. The lowest BCUT2D eigenvalue weighted by Crippen LogP contribution is -2.34. The van der Waals surface area contributed by atoms with Crippen molar-refractivity contribution in [1.29, 1.82) is 0 Å². The van der Waals surface area contributed by atoms with E-state index in [1.807, 2.05) is 0 Å². The molecule has 0 saturated carbocycles. The first-order valence-corrected chi connectivity index (χ1v) is 16.0. The molecule has 2 unspecified atom stereocenters. The number of alkyl halides is 2. The summed E-state index contributed by atoms with van der Waals surface area (Å²) < 4.78 is 108. The third-order valence-corrected chi connectivity index (χ3v) is 7.70. The second-order valence-corrected chi connectivity index (χ2v) is 13.5. The number of nitrogens with zero attached hydrogens (tertiary/aromatic N) is 1. The molecule has 1 aliphatic rings. The Kier molecular flexibility index (Phi) is 10.8. The smallest absolute Gasteiger partial charge is 0.408 e. The Morgan fingerprint density at radius 1 is 1.12 bits per heavy atom. The third-order valence-electron chi connectivity index (χ3n) is 6.81. The number of hydrogen-bond acceptors (Lipinski definition) is 9. The average Bonchev–Trinajstić information content (AvgIpc) is 3.42. The predicted molar refractivity (Wildman–Crippen MR) is 166 cm³/mol. The van der Waals surface area contributed by atoms with E-state index < -0.39 is 63.4 Å². The number of rotatable bonds is 11. The van der Waals surface area contributed by atoms with Crippen LogP contribution in [0.1, 0.15) is 68.9 Å².